The molecule has 0 aliphatic carbocycles. The van der Waals surface area contributed by atoms with Gasteiger partial charge in [0, 0.05) is 30.1 Å². The molecule has 202 valence electrons. The zero-order chi connectivity index (χ0) is 27.1. The van der Waals surface area contributed by atoms with Gasteiger partial charge in [-0.3, -0.25) is 4.79 Å². The first kappa shape index (κ1) is 28.8. The highest BCUT2D eigenvalue weighted by Gasteiger charge is 2.18. The molecule has 2 aromatic heterocycles. The summed E-state index contributed by atoms with van der Waals surface area (Å²) in [4.78, 5) is 20.4. The molecule has 9 nitrogen and oxygen atoms in total. The number of carbonyl (C=O) groups excluding carboxylic acids is 1. The lowest BCUT2D eigenvalue weighted by molar-refractivity contribution is -0.124. The van der Waals surface area contributed by atoms with Crippen LogP contribution in [0, 0.1) is 19.8 Å². The van der Waals surface area contributed by atoms with Crippen molar-refractivity contribution in [2.45, 2.75) is 53.7 Å². The molecule has 1 unspecified atom stereocenters. The fourth-order valence-corrected chi connectivity index (χ4v) is 5.30. The molecule has 0 aliphatic rings. The topological polar surface area (TPSA) is 121 Å². The van der Waals surface area contributed by atoms with Crippen molar-refractivity contribution in [2.24, 2.45) is 5.92 Å². The zero-order valence-electron chi connectivity index (χ0n) is 22.5. The lowest BCUT2D eigenvalue weighted by atomic mass is 10.0. The smallest absolute Gasteiger partial charge is 0.268 e. The third-order valence-corrected chi connectivity index (χ3v) is 7.05. The van der Waals surface area contributed by atoms with Gasteiger partial charge in [-0.1, -0.05) is 25.9 Å². The highest BCUT2D eigenvalue weighted by Crippen LogP contribution is 2.34. The Morgan fingerprint density at radius 1 is 1.24 bits per heavy atom. The van der Waals surface area contributed by atoms with Crippen LogP contribution in [0.5, 0.6) is 5.75 Å². The van der Waals surface area contributed by atoms with Gasteiger partial charge in [0.2, 0.25) is 11.7 Å². The van der Waals surface area contributed by atoms with Crippen LogP contribution >= 0.6 is 11.3 Å². The van der Waals surface area contributed by atoms with Crippen LogP contribution in [0.2, 0.25) is 0 Å². The van der Waals surface area contributed by atoms with Gasteiger partial charge in [-0.2, -0.15) is 4.98 Å². The Morgan fingerprint density at radius 2 is 2.00 bits per heavy atom. The number of aromatic nitrogens is 2. The number of rotatable bonds is 13. The summed E-state index contributed by atoms with van der Waals surface area (Å²) in [6.07, 6.45) is -0.188. The van der Waals surface area contributed by atoms with Crippen LogP contribution in [0.25, 0.3) is 22.2 Å². The van der Waals surface area contributed by atoms with Gasteiger partial charge in [0.05, 0.1) is 4.88 Å². The number of aryl methyl sites for hydroxylation is 3. The van der Waals surface area contributed by atoms with Crippen molar-refractivity contribution in [3.8, 4) is 27.9 Å². The van der Waals surface area contributed by atoms with Crippen LogP contribution < -0.4 is 10.1 Å². The van der Waals surface area contributed by atoms with Crippen LogP contribution in [0.15, 0.2) is 22.7 Å². The second kappa shape index (κ2) is 13.1. The SMILES string of the molecule is CCc1cc(-c2noc(-c3cc(C)c(CN(C)CC(C)C)s3)n2)cc(C)c1OCC(O)CNC(=O)CO. The summed E-state index contributed by atoms with van der Waals surface area (Å²) < 4.78 is 11.5. The van der Waals surface area contributed by atoms with Gasteiger partial charge in [-0.25, -0.2) is 0 Å². The second-order valence-corrected chi connectivity index (χ2v) is 10.9. The normalized spacial score (nSPS) is 12.4. The second-order valence-electron chi connectivity index (χ2n) is 9.79. The molecule has 1 amide bonds. The Bertz CT molecular complexity index is 1190. The Morgan fingerprint density at radius 3 is 2.68 bits per heavy atom. The van der Waals surface area contributed by atoms with E-state index in [1.165, 1.54) is 10.4 Å². The molecule has 1 atom stereocenters. The molecule has 37 heavy (non-hydrogen) atoms. The summed E-state index contributed by atoms with van der Waals surface area (Å²) in [5.41, 5.74) is 3.89. The first-order chi connectivity index (χ1) is 17.6. The molecule has 0 bridgehead atoms. The van der Waals surface area contributed by atoms with Gasteiger partial charge in [0.25, 0.3) is 5.89 Å². The molecule has 0 spiro atoms. The van der Waals surface area contributed by atoms with E-state index in [1.807, 2.05) is 26.0 Å². The monoisotopic (exact) mass is 530 g/mol. The summed E-state index contributed by atoms with van der Waals surface area (Å²) in [5.74, 6) is 1.77. The van der Waals surface area contributed by atoms with Crippen LogP contribution in [-0.2, 0) is 17.8 Å². The third-order valence-electron chi connectivity index (χ3n) is 5.84. The van der Waals surface area contributed by atoms with Gasteiger partial charge in [0.1, 0.15) is 25.1 Å². The van der Waals surface area contributed by atoms with Crippen LogP contribution in [0.3, 0.4) is 0 Å². The number of benzene rings is 1. The summed E-state index contributed by atoms with van der Waals surface area (Å²) in [6, 6.07) is 6.02. The van der Waals surface area contributed by atoms with E-state index in [9.17, 15) is 9.90 Å². The number of carbonyl (C=O) groups is 1. The van der Waals surface area contributed by atoms with Crippen LogP contribution in [0.1, 0.15) is 42.3 Å². The maximum atomic E-state index is 11.2. The number of hydrogen-bond donors (Lipinski definition) is 3. The fraction of sp³-hybridized carbons (Fsp3) is 0.519. The predicted octanol–water partition coefficient (Wildman–Crippen LogP) is 3.58. The molecule has 0 fully saturated rings. The van der Waals surface area contributed by atoms with E-state index in [-0.39, 0.29) is 13.2 Å². The average Bonchev–Trinajstić information content (AvgIpc) is 3.48. The van der Waals surface area contributed by atoms with Crippen molar-refractivity contribution in [3.05, 3.63) is 39.8 Å². The number of thiophene rings is 1. The van der Waals surface area contributed by atoms with Gasteiger partial charge in [0.15, 0.2) is 0 Å². The lowest BCUT2D eigenvalue weighted by Gasteiger charge is -2.18. The van der Waals surface area contributed by atoms with E-state index in [0.29, 0.717) is 29.8 Å². The predicted molar refractivity (Wildman–Crippen MR) is 145 cm³/mol. The third kappa shape index (κ3) is 7.85. The molecule has 0 radical (unpaired) electrons. The minimum Gasteiger partial charge on any atom is -0.490 e. The van der Waals surface area contributed by atoms with E-state index >= 15 is 0 Å². The summed E-state index contributed by atoms with van der Waals surface area (Å²) in [5, 5.41) is 25.6. The van der Waals surface area contributed by atoms with E-state index in [0.717, 1.165) is 34.7 Å². The lowest BCUT2D eigenvalue weighted by Crippen LogP contribution is -2.36. The number of nitrogens with one attached hydrogen (secondary N) is 1. The quantitative estimate of drug-likeness (QED) is 0.307. The molecule has 1 aromatic carbocycles. The zero-order valence-corrected chi connectivity index (χ0v) is 23.3. The Balaban J connectivity index is 1.73. The molecule has 10 heteroatoms. The fourth-order valence-electron chi connectivity index (χ4n) is 4.13. The van der Waals surface area contributed by atoms with Crippen molar-refractivity contribution in [1.29, 1.82) is 0 Å². The van der Waals surface area contributed by atoms with E-state index < -0.39 is 18.6 Å². The minimum absolute atomic E-state index is 0.00153. The Hall–Kier alpha value is -2.79. The standard InChI is InChI=1S/C27H38N4O5S/c1-7-19-10-20(8-18(5)25(19)35-15-21(33)11-28-24(34)14-32)26-29-27(36-30-26)22-9-17(4)23(37-22)13-31(6)12-16(2)3/h8-10,16,21,32-33H,7,11-15H2,1-6H3,(H,28,34). The number of aliphatic hydroxyl groups is 2. The molecular weight excluding hydrogens is 492 g/mol. The van der Waals surface area contributed by atoms with Crippen molar-refractivity contribution in [2.75, 3.05) is 33.4 Å². The van der Waals surface area contributed by atoms with Crippen molar-refractivity contribution in [1.82, 2.24) is 20.4 Å². The van der Waals surface area contributed by atoms with Gasteiger partial charge < -0.3 is 29.7 Å². The first-order valence-corrected chi connectivity index (χ1v) is 13.4. The summed E-state index contributed by atoms with van der Waals surface area (Å²) >= 11 is 1.68. The van der Waals surface area contributed by atoms with Gasteiger partial charge in [-0.05, 0) is 68.1 Å². The highest BCUT2D eigenvalue weighted by molar-refractivity contribution is 7.15. The molecule has 3 N–H and O–H groups in total. The molecule has 0 saturated heterocycles. The molecule has 3 aromatic rings. The number of amides is 1. The molecule has 3 rings (SSSR count). The van der Waals surface area contributed by atoms with Crippen LogP contribution in [-0.4, -0.2) is 70.6 Å². The number of aliphatic hydroxyl groups excluding tert-OH is 2. The molecule has 2 heterocycles. The molecule has 0 aliphatic heterocycles. The largest absolute Gasteiger partial charge is 0.490 e. The maximum Gasteiger partial charge on any atom is 0.268 e. The number of hydrogen-bond acceptors (Lipinski definition) is 9. The molecular formula is C27H38N4O5S. The average molecular weight is 531 g/mol. The highest BCUT2D eigenvalue weighted by atomic mass is 32.1. The Kier molecular flexibility index (Phi) is 10.2. The molecule has 0 saturated carbocycles. The summed E-state index contributed by atoms with van der Waals surface area (Å²) in [6.45, 7) is 11.8. The maximum absolute atomic E-state index is 11.2. The van der Waals surface area contributed by atoms with Crippen molar-refractivity contribution < 1.29 is 24.3 Å². The minimum atomic E-state index is -0.900. The number of ether oxygens (including phenoxy) is 1. The van der Waals surface area contributed by atoms with Gasteiger partial charge >= 0.3 is 0 Å². The Labute approximate surface area is 222 Å². The van der Waals surface area contributed by atoms with Gasteiger partial charge in [-0.15, -0.1) is 11.3 Å². The van der Waals surface area contributed by atoms with Crippen LogP contribution in [0.4, 0.5) is 0 Å². The van der Waals surface area contributed by atoms with E-state index in [1.54, 1.807) is 11.3 Å². The van der Waals surface area contributed by atoms with Crippen molar-refractivity contribution in [3.63, 3.8) is 0 Å². The first-order valence-electron chi connectivity index (χ1n) is 12.5. The van der Waals surface area contributed by atoms with E-state index in [4.69, 9.17) is 14.4 Å². The summed E-state index contributed by atoms with van der Waals surface area (Å²) in [7, 11) is 2.14. The van der Waals surface area contributed by atoms with E-state index in [2.05, 4.69) is 54.2 Å². The van der Waals surface area contributed by atoms with Crippen molar-refractivity contribution >= 4 is 17.2 Å². The number of nitrogens with zero attached hydrogens (tertiary/aromatic N) is 3.